The number of esters is 1. The monoisotopic (exact) mass is 390 g/mol. The molecular formula is C19H22N2O7. The van der Waals surface area contributed by atoms with Crippen LogP contribution in [0.4, 0.5) is 0 Å². The number of imide groups is 1. The number of likely N-dealkylation sites (tertiary alicyclic amines) is 1. The molecule has 0 aromatic heterocycles. The molecule has 0 bridgehead atoms. The first-order chi connectivity index (χ1) is 13.4. The van der Waals surface area contributed by atoms with Gasteiger partial charge in [0.2, 0.25) is 11.8 Å². The number of fused-ring (bicyclic) bond motifs is 1. The van der Waals surface area contributed by atoms with E-state index in [0.29, 0.717) is 31.0 Å². The molecule has 9 nitrogen and oxygen atoms in total. The first-order valence-corrected chi connectivity index (χ1v) is 8.93. The zero-order chi connectivity index (χ0) is 20.3. The average Bonchev–Trinajstić information content (AvgIpc) is 3.02. The van der Waals surface area contributed by atoms with Gasteiger partial charge >= 0.3 is 5.97 Å². The molecule has 2 heterocycles. The van der Waals surface area contributed by atoms with Crippen LogP contribution in [-0.4, -0.2) is 67.4 Å². The maximum absolute atomic E-state index is 12.4. The third-order valence-electron chi connectivity index (χ3n) is 4.87. The molecule has 3 amide bonds. The molecule has 28 heavy (non-hydrogen) atoms. The lowest BCUT2D eigenvalue weighted by atomic mass is 9.99. The highest BCUT2D eigenvalue weighted by Crippen LogP contribution is 2.33. The predicted molar refractivity (Wildman–Crippen MR) is 95.6 cm³/mol. The summed E-state index contributed by atoms with van der Waals surface area (Å²) in [4.78, 5) is 49.8. The minimum absolute atomic E-state index is 0.104. The highest BCUT2D eigenvalue weighted by atomic mass is 16.5. The van der Waals surface area contributed by atoms with Crippen LogP contribution in [0.2, 0.25) is 0 Å². The van der Waals surface area contributed by atoms with Gasteiger partial charge in [-0.3, -0.25) is 24.1 Å². The summed E-state index contributed by atoms with van der Waals surface area (Å²) in [7, 11) is 3.12. The smallest absolute Gasteiger partial charge is 0.326 e. The second-order valence-electron chi connectivity index (χ2n) is 6.58. The molecule has 0 aliphatic carbocycles. The molecule has 0 unspecified atom stereocenters. The number of nitrogens with zero attached hydrogens (tertiary/aromatic N) is 2. The van der Waals surface area contributed by atoms with Crippen LogP contribution in [0.15, 0.2) is 12.1 Å². The lowest BCUT2D eigenvalue weighted by Crippen LogP contribution is -2.40. The first-order valence-electron chi connectivity index (χ1n) is 8.93. The molecule has 3 rings (SSSR count). The number of carbonyl (C=O) groups excluding carboxylic acids is 4. The van der Waals surface area contributed by atoms with Crippen LogP contribution in [-0.2, 0) is 36.9 Å². The lowest BCUT2D eigenvalue weighted by molar-refractivity contribution is -0.156. The summed E-state index contributed by atoms with van der Waals surface area (Å²) in [6.45, 7) is -0.0282. The van der Waals surface area contributed by atoms with Gasteiger partial charge in [-0.25, -0.2) is 0 Å². The second-order valence-corrected chi connectivity index (χ2v) is 6.58. The zero-order valence-corrected chi connectivity index (χ0v) is 15.9. The molecule has 0 N–H and O–H groups in total. The van der Waals surface area contributed by atoms with Crippen molar-refractivity contribution in [2.75, 3.05) is 33.9 Å². The van der Waals surface area contributed by atoms with Gasteiger partial charge in [0.25, 0.3) is 5.91 Å². The van der Waals surface area contributed by atoms with Crippen molar-refractivity contribution in [3.8, 4) is 11.5 Å². The number of hydrogen-bond donors (Lipinski definition) is 0. The fourth-order valence-corrected chi connectivity index (χ4v) is 3.30. The molecule has 150 valence electrons. The number of carbonyl (C=O) groups is 4. The average molecular weight is 390 g/mol. The third-order valence-corrected chi connectivity index (χ3v) is 4.87. The Kier molecular flexibility index (Phi) is 5.81. The Balaban J connectivity index is 1.55. The minimum atomic E-state index is -0.777. The molecule has 1 fully saturated rings. The molecule has 0 radical (unpaired) electrons. The Morgan fingerprint density at radius 3 is 2.18 bits per heavy atom. The largest absolute Gasteiger partial charge is 0.493 e. The van der Waals surface area contributed by atoms with Crippen molar-refractivity contribution in [2.24, 2.45) is 0 Å². The number of hydrogen-bond acceptors (Lipinski definition) is 7. The minimum Gasteiger partial charge on any atom is -0.493 e. The van der Waals surface area contributed by atoms with Crippen LogP contribution in [0.5, 0.6) is 11.5 Å². The maximum Gasteiger partial charge on any atom is 0.326 e. The Bertz CT molecular complexity index is 805. The van der Waals surface area contributed by atoms with Gasteiger partial charge in [-0.15, -0.1) is 0 Å². The summed E-state index contributed by atoms with van der Waals surface area (Å²) in [5, 5.41) is 0. The van der Waals surface area contributed by atoms with E-state index in [1.807, 2.05) is 12.1 Å². The molecule has 1 aromatic carbocycles. The van der Waals surface area contributed by atoms with Gasteiger partial charge in [-0.05, 0) is 29.7 Å². The number of amides is 3. The summed E-state index contributed by atoms with van der Waals surface area (Å²) < 4.78 is 15.6. The van der Waals surface area contributed by atoms with Crippen LogP contribution in [0.1, 0.15) is 24.0 Å². The van der Waals surface area contributed by atoms with Crippen molar-refractivity contribution in [2.45, 2.75) is 25.8 Å². The topological polar surface area (TPSA) is 102 Å². The fraction of sp³-hybridized carbons (Fsp3) is 0.474. The van der Waals surface area contributed by atoms with Crippen LogP contribution in [0.25, 0.3) is 0 Å². The van der Waals surface area contributed by atoms with Gasteiger partial charge in [0, 0.05) is 25.9 Å². The van der Waals surface area contributed by atoms with Gasteiger partial charge in [0.05, 0.1) is 14.2 Å². The van der Waals surface area contributed by atoms with Crippen molar-refractivity contribution in [3.63, 3.8) is 0 Å². The van der Waals surface area contributed by atoms with Gasteiger partial charge in [0.1, 0.15) is 6.54 Å². The quantitative estimate of drug-likeness (QED) is 0.508. The molecule has 1 aromatic rings. The molecule has 0 saturated carbocycles. The molecular weight excluding hydrogens is 368 g/mol. The molecule has 0 atom stereocenters. The number of benzene rings is 1. The summed E-state index contributed by atoms with van der Waals surface area (Å²) >= 11 is 0. The van der Waals surface area contributed by atoms with Crippen LogP contribution in [0.3, 0.4) is 0 Å². The van der Waals surface area contributed by atoms with E-state index in [1.165, 1.54) is 0 Å². The summed E-state index contributed by atoms with van der Waals surface area (Å²) in [6, 6.07) is 3.74. The fourth-order valence-electron chi connectivity index (χ4n) is 3.30. The van der Waals surface area contributed by atoms with E-state index < -0.39 is 30.9 Å². The molecule has 2 aliphatic rings. The maximum atomic E-state index is 12.4. The molecule has 2 aliphatic heterocycles. The van der Waals surface area contributed by atoms with Crippen LogP contribution < -0.4 is 9.47 Å². The van der Waals surface area contributed by atoms with E-state index in [4.69, 9.17) is 14.2 Å². The molecule has 9 heteroatoms. The van der Waals surface area contributed by atoms with Crippen molar-refractivity contribution in [1.29, 1.82) is 0 Å². The summed E-state index contributed by atoms with van der Waals surface area (Å²) in [5.74, 6) is -0.688. The van der Waals surface area contributed by atoms with Gasteiger partial charge in [-0.1, -0.05) is 0 Å². The number of methoxy groups -OCH3 is 2. The van der Waals surface area contributed by atoms with Gasteiger partial charge in [0.15, 0.2) is 18.1 Å². The van der Waals surface area contributed by atoms with Crippen molar-refractivity contribution in [3.05, 3.63) is 23.3 Å². The molecule has 0 spiro atoms. The predicted octanol–water partition coefficient (Wildman–Crippen LogP) is 0.281. The van der Waals surface area contributed by atoms with Crippen LogP contribution >= 0.6 is 0 Å². The van der Waals surface area contributed by atoms with Crippen LogP contribution in [0, 0.1) is 0 Å². The van der Waals surface area contributed by atoms with Gasteiger partial charge < -0.3 is 19.1 Å². The first kappa shape index (κ1) is 19.7. The van der Waals surface area contributed by atoms with E-state index in [2.05, 4.69) is 0 Å². The Morgan fingerprint density at radius 1 is 0.964 bits per heavy atom. The van der Waals surface area contributed by atoms with E-state index in [1.54, 1.807) is 19.1 Å². The molecule has 1 saturated heterocycles. The SMILES string of the molecule is COc1cc2c(cc1OC)CN(C(=O)COC(=O)CN1C(=O)CCC1=O)CC2. The normalized spacial score (nSPS) is 16.1. The second kappa shape index (κ2) is 8.28. The summed E-state index contributed by atoms with van der Waals surface area (Å²) in [5.41, 5.74) is 2.02. The Morgan fingerprint density at radius 2 is 1.57 bits per heavy atom. The van der Waals surface area contributed by atoms with E-state index in [-0.39, 0.29) is 18.7 Å². The summed E-state index contributed by atoms with van der Waals surface area (Å²) in [6.07, 6.45) is 0.852. The highest BCUT2D eigenvalue weighted by Gasteiger charge is 2.31. The van der Waals surface area contributed by atoms with Gasteiger partial charge in [-0.2, -0.15) is 0 Å². The van der Waals surface area contributed by atoms with E-state index >= 15 is 0 Å². The Hall–Kier alpha value is -3.10. The van der Waals surface area contributed by atoms with Crippen molar-refractivity contribution >= 4 is 23.7 Å². The standard InChI is InChI=1S/C19H22N2O7/c1-26-14-7-12-5-6-20(9-13(12)8-15(14)27-2)18(24)11-28-19(25)10-21-16(22)3-4-17(21)23/h7-8H,3-6,9-11H2,1-2H3. The lowest BCUT2D eigenvalue weighted by Gasteiger charge is -2.29. The third kappa shape index (κ3) is 4.08. The van der Waals surface area contributed by atoms with Crippen molar-refractivity contribution < 1.29 is 33.4 Å². The zero-order valence-electron chi connectivity index (χ0n) is 15.9. The van der Waals surface area contributed by atoms with E-state index in [0.717, 1.165) is 16.0 Å². The number of rotatable bonds is 6. The van der Waals surface area contributed by atoms with E-state index in [9.17, 15) is 19.2 Å². The van der Waals surface area contributed by atoms with Crippen molar-refractivity contribution in [1.82, 2.24) is 9.80 Å². The highest BCUT2D eigenvalue weighted by molar-refractivity contribution is 6.04. The Labute approximate surface area is 162 Å². The number of ether oxygens (including phenoxy) is 3.